The Morgan fingerprint density at radius 3 is 2.70 bits per heavy atom. The van der Waals surface area contributed by atoms with Crippen LogP contribution in [0.1, 0.15) is 12.8 Å². The van der Waals surface area contributed by atoms with E-state index < -0.39 is 24.1 Å². The fraction of sp³-hybridized carbons (Fsp3) is 0.308. The SMILES string of the molecule is O=C(O)C1CCC2C(=O)N(c3cccc(Cl)c3)C(=O)N12. The lowest BCUT2D eigenvalue weighted by Crippen LogP contribution is -2.42. The van der Waals surface area contributed by atoms with Crippen molar-refractivity contribution in [2.24, 2.45) is 0 Å². The summed E-state index contributed by atoms with van der Waals surface area (Å²) in [5.74, 6) is -1.47. The number of carbonyl (C=O) groups is 3. The van der Waals surface area contributed by atoms with E-state index in [1.165, 1.54) is 6.07 Å². The molecule has 3 rings (SSSR count). The number of amides is 3. The zero-order valence-electron chi connectivity index (χ0n) is 10.3. The summed E-state index contributed by atoms with van der Waals surface area (Å²) in [5, 5.41) is 9.53. The Morgan fingerprint density at radius 2 is 2.05 bits per heavy atom. The summed E-state index contributed by atoms with van der Waals surface area (Å²) in [6.07, 6.45) is 0.680. The van der Waals surface area contributed by atoms with Gasteiger partial charge in [0.05, 0.1) is 5.69 Å². The maximum absolute atomic E-state index is 12.3. The molecule has 3 amide bonds. The van der Waals surface area contributed by atoms with E-state index in [1.807, 2.05) is 0 Å². The van der Waals surface area contributed by atoms with Crippen molar-refractivity contribution >= 4 is 35.2 Å². The quantitative estimate of drug-likeness (QED) is 0.843. The number of halogens is 1. The average molecular weight is 295 g/mol. The molecule has 2 saturated heterocycles. The first kappa shape index (κ1) is 12.9. The number of anilines is 1. The van der Waals surface area contributed by atoms with E-state index in [9.17, 15) is 14.4 Å². The van der Waals surface area contributed by atoms with Crippen LogP contribution >= 0.6 is 11.6 Å². The van der Waals surface area contributed by atoms with Crippen LogP contribution in [0.4, 0.5) is 10.5 Å². The number of imide groups is 1. The fourth-order valence-corrected chi connectivity index (χ4v) is 2.96. The van der Waals surface area contributed by atoms with Gasteiger partial charge in [-0.3, -0.25) is 9.69 Å². The van der Waals surface area contributed by atoms with Crippen LogP contribution in [0.3, 0.4) is 0 Å². The number of urea groups is 1. The average Bonchev–Trinajstić information content (AvgIpc) is 2.91. The number of carboxylic acids is 1. The van der Waals surface area contributed by atoms with Crippen molar-refractivity contribution in [3.63, 3.8) is 0 Å². The van der Waals surface area contributed by atoms with Crippen molar-refractivity contribution in [1.29, 1.82) is 0 Å². The Morgan fingerprint density at radius 1 is 1.30 bits per heavy atom. The first-order valence-corrected chi connectivity index (χ1v) is 6.53. The molecule has 2 aliphatic rings. The van der Waals surface area contributed by atoms with Gasteiger partial charge in [0.25, 0.3) is 5.91 Å². The number of nitrogens with zero attached hydrogens (tertiary/aromatic N) is 2. The molecule has 1 aromatic rings. The van der Waals surface area contributed by atoms with E-state index in [-0.39, 0.29) is 5.91 Å². The van der Waals surface area contributed by atoms with Crippen LogP contribution < -0.4 is 4.90 Å². The molecule has 0 saturated carbocycles. The molecule has 6 nitrogen and oxygen atoms in total. The predicted octanol–water partition coefficient (Wildman–Crippen LogP) is 1.72. The number of benzene rings is 1. The van der Waals surface area contributed by atoms with Crippen molar-refractivity contribution in [1.82, 2.24) is 4.90 Å². The maximum atomic E-state index is 12.3. The van der Waals surface area contributed by atoms with Gasteiger partial charge in [-0.15, -0.1) is 0 Å². The third-order valence-corrected chi connectivity index (χ3v) is 3.89. The van der Waals surface area contributed by atoms with Gasteiger partial charge < -0.3 is 5.11 Å². The second kappa shape index (κ2) is 4.49. The number of carboxylic acid groups (broad SMARTS) is 1. The molecule has 0 radical (unpaired) electrons. The first-order chi connectivity index (χ1) is 9.50. The molecule has 20 heavy (non-hydrogen) atoms. The second-order valence-electron chi connectivity index (χ2n) is 4.79. The number of aliphatic carboxylic acids is 1. The van der Waals surface area contributed by atoms with Gasteiger partial charge in [0.1, 0.15) is 12.1 Å². The van der Waals surface area contributed by atoms with Crippen LogP contribution in [0.2, 0.25) is 5.02 Å². The molecule has 0 spiro atoms. The van der Waals surface area contributed by atoms with Crippen molar-refractivity contribution in [3.05, 3.63) is 29.3 Å². The van der Waals surface area contributed by atoms with Crippen molar-refractivity contribution in [3.8, 4) is 0 Å². The number of fused-ring (bicyclic) bond motifs is 1. The summed E-state index contributed by atoms with van der Waals surface area (Å²) in [5.41, 5.74) is 0.367. The summed E-state index contributed by atoms with van der Waals surface area (Å²) < 4.78 is 0. The van der Waals surface area contributed by atoms with Crippen LogP contribution in [0.25, 0.3) is 0 Å². The number of hydrogen-bond acceptors (Lipinski definition) is 3. The van der Waals surface area contributed by atoms with E-state index in [0.29, 0.717) is 23.6 Å². The molecular weight excluding hydrogens is 284 g/mol. The standard InChI is InChI=1S/C13H11ClN2O4/c14-7-2-1-3-8(6-7)15-11(17)9-4-5-10(12(18)19)16(9)13(15)20/h1-3,6,9-10H,4-5H2,(H,18,19). The molecule has 2 fully saturated rings. The van der Waals surface area contributed by atoms with Gasteiger partial charge >= 0.3 is 12.0 Å². The Balaban J connectivity index is 1.98. The third-order valence-electron chi connectivity index (χ3n) is 3.65. The van der Waals surface area contributed by atoms with Crippen molar-refractivity contribution < 1.29 is 19.5 Å². The maximum Gasteiger partial charge on any atom is 0.332 e. The highest BCUT2D eigenvalue weighted by molar-refractivity contribution is 6.31. The Hall–Kier alpha value is -2.08. The molecule has 0 aliphatic carbocycles. The van der Waals surface area contributed by atoms with Gasteiger partial charge in [0, 0.05) is 5.02 Å². The van der Waals surface area contributed by atoms with Crippen LogP contribution in [0.15, 0.2) is 24.3 Å². The van der Waals surface area contributed by atoms with Gasteiger partial charge in [-0.1, -0.05) is 17.7 Å². The molecule has 1 aromatic carbocycles. The van der Waals surface area contributed by atoms with Crippen LogP contribution in [-0.4, -0.2) is 40.0 Å². The lowest BCUT2D eigenvalue weighted by atomic mass is 10.1. The topological polar surface area (TPSA) is 77.9 Å². The van der Waals surface area contributed by atoms with E-state index in [2.05, 4.69) is 0 Å². The molecule has 2 unspecified atom stereocenters. The Labute approximate surface area is 119 Å². The normalized spacial score (nSPS) is 25.2. The van der Waals surface area contributed by atoms with E-state index in [4.69, 9.17) is 16.7 Å². The van der Waals surface area contributed by atoms with Gasteiger partial charge in [-0.25, -0.2) is 14.5 Å². The second-order valence-corrected chi connectivity index (χ2v) is 5.23. The van der Waals surface area contributed by atoms with E-state index in [1.54, 1.807) is 18.2 Å². The summed E-state index contributed by atoms with van der Waals surface area (Å²) in [6.45, 7) is 0. The minimum absolute atomic E-state index is 0.306. The van der Waals surface area contributed by atoms with Crippen molar-refractivity contribution in [2.45, 2.75) is 24.9 Å². The minimum Gasteiger partial charge on any atom is -0.480 e. The Bertz CT molecular complexity index is 618. The summed E-state index contributed by atoms with van der Waals surface area (Å²) >= 11 is 5.86. The molecule has 0 bridgehead atoms. The summed E-state index contributed by atoms with van der Waals surface area (Å²) in [6, 6.07) is 4.18. The third kappa shape index (κ3) is 1.76. The smallest absolute Gasteiger partial charge is 0.332 e. The number of hydrogen-bond donors (Lipinski definition) is 1. The van der Waals surface area contributed by atoms with E-state index >= 15 is 0 Å². The predicted molar refractivity (Wildman–Crippen MR) is 70.6 cm³/mol. The highest BCUT2D eigenvalue weighted by Gasteiger charge is 2.54. The largest absolute Gasteiger partial charge is 0.480 e. The molecule has 2 aliphatic heterocycles. The fourth-order valence-electron chi connectivity index (χ4n) is 2.77. The molecule has 104 valence electrons. The van der Waals surface area contributed by atoms with Gasteiger partial charge in [-0.2, -0.15) is 0 Å². The monoisotopic (exact) mass is 294 g/mol. The molecule has 1 N–H and O–H groups in total. The molecule has 7 heteroatoms. The number of carbonyl (C=O) groups excluding carboxylic acids is 2. The van der Waals surface area contributed by atoms with Crippen LogP contribution in [0.5, 0.6) is 0 Å². The zero-order valence-corrected chi connectivity index (χ0v) is 11.1. The van der Waals surface area contributed by atoms with E-state index in [0.717, 1.165) is 9.80 Å². The first-order valence-electron chi connectivity index (χ1n) is 6.15. The highest BCUT2D eigenvalue weighted by Crippen LogP contribution is 2.35. The lowest BCUT2D eigenvalue weighted by molar-refractivity contribution is -0.141. The van der Waals surface area contributed by atoms with Gasteiger partial charge in [0.15, 0.2) is 0 Å². The van der Waals surface area contributed by atoms with Crippen LogP contribution in [-0.2, 0) is 9.59 Å². The lowest BCUT2D eigenvalue weighted by Gasteiger charge is -2.20. The molecule has 0 aromatic heterocycles. The van der Waals surface area contributed by atoms with Crippen LogP contribution in [0, 0.1) is 0 Å². The zero-order chi connectivity index (χ0) is 14.4. The minimum atomic E-state index is -1.08. The van der Waals surface area contributed by atoms with Gasteiger partial charge in [-0.05, 0) is 31.0 Å². The van der Waals surface area contributed by atoms with Gasteiger partial charge in [0.2, 0.25) is 0 Å². The molecule has 2 atom stereocenters. The summed E-state index contributed by atoms with van der Waals surface area (Å²) in [7, 11) is 0. The van der Waals surface area contributed by atoms with Crippen molar-refractivity contribution in [2.75, 3.05) is 4.90 Å². The Kier molecular flexibility index (Phi) is 2.90. The number of rotatable bonds is 2. The summed E-state index contributed by atoms with van der Waals surface area (Å²) in [4.78, 5) is 38.0. The highest BCUT2D eigenvalue weighted by atomic mass is 35.5. The molecule has 2 heterocycles. The molecular formula is C13H11ClN2O4.